The minimum atomic E-state index is -3.87. The topological polar surface area (TPSA) is 109 Å². The Labute approximate surface area is 157 Å². The summed E-state index contributed by atoms with van der Waals surface area (Å²) < 4.78 is 41.9. The molecule has 5 atom stereocenters. The van der Waals surface area contributed by atoms with Crippen molar-refractivity contribution in [1.29, 1.82) is 10.5 Å². The van der Waals surface area contributed by atoms with Crippen LogP contribution in [0.1, 0.15) is 40.0 Å². The third kappa shape index (κ3) is 4.05. The van der Waals surface area contributed by atoms with E-state index in [1.807, 2.05) is 0 Å². The number of phosphoric acid groups is 1. The number of allylic oxidation sites excluding steroid dienone is 1. The zero-order valence-electron chi connectivity index (χ0n) is 15.3. The molecule has 7 nitrogen and oxygen atoms in total. The van der Waals surface area contributed by atoms with Crippen molar-refractivity contribution in [2.24, 2.45) is 17.8 Å². The van der Waals surface area contributed by atoms with E-state index < -0.39 is 35.7 Å². The fraction of sp³-hybridized carbons (Fsp3) is 0.765. The van der Waals surface area contributed by atoms with Gasteiger partial charge in [0.25, 0.3) is 0 Å². The van der Waals surface area contributed by atoms with Crippen molar-refractivity contribution in [3.63, 3.8) is 0 Å². The SMILES string of the molecule is CCOP(=O)(OCC)OC1=C2CCC[C@@H]2[C@@H](C#N)[C@H](C#N)[C@@H]1S(=O)CC. The minimum Gasteiger partial charge on any atom is -0.407 e. The highest BCUT2D eigenvalue weighted by atomic mass is 32.2. The number of fused-ring (bicyclic) bond motifs is 1. The van der Waals surface area contributed by atoms with Crippen molar-refractivity contribution in [2.75, 3.05) is 19.0 Å². The number of rotatable bonds is 8. The van der Waals surface area contributed by atoms with Crippen LogP contribution in [-0.4, -0.2) is 28.4 Å². The fourth-order valence-electron chi connectivity index (χ4n) is 3.78. The fourth-order valence-corrected chi connectivity index (χ4v) is 6.49. The molecular weight excluding hydrogens is 375 g/mol. The lowest BCUT2D eigenvalue weighted by Gasteiger charge is -2.37. The summed E-state index contributed by atoms with van der Waals surface area (Å²) in [5.41, 5.74) is 0.842. The Balaban J connectivity index is 2.56. The van der Waals surface area contributed by atoms with E-state index in [2.05, 4.69) is 12.1 Å². The van der Waals surface area contributed by atoms with Gasteiger partial charge in [-0.3, -0.25) is 13.3 Å². The maximum absolute atomic E-state index is 12.9. The van der Waals surface area contributed by atoms with Crippen LogP contribution in [0.3, 0.4) is 0 Å². The number of nitrogens with zero attached hydrogens (tertiary/aromatic N) is 2. The van der Waals surface area contributed by atoms with Crippen LogP contribution in [0.2, 0.25) is 0 Å². The average Bonchev–Trinajstić information content (AvgIpc) is 3.10. The standard InChI is InChI=1S/C17H25N2O5PS/c1-4-22-25(20,23-5-2)24-16-13-9-7-8-12(13)14(10-18)15(11-19)17(16)26(21)6-3/h12,14-15,17H,4-9H2,1-3H3/t12-,14+,15-,17-,26?/m0/s1. The Morgan fingerprint density at radius 3 is 2.27 bits per heavy atom. The second-order valence-electron chi connectivity index (χ2n) is 6.16. The summed E-state index contributed by atoms with van der Waals surface area (Å²) in [6, 6.07) is 4.40. The first-order valence-corrected chi connectivity index (χ1v) is 11.8. The largest absolute Gasteiger partial charge is 0.529 e. The Morgan fingerprint density at radius 2 is 1.77 bits per heavy atom. The van der Waals surface area contributed by atoms with E-state index in [4.69, 9.17) is 13.6 Å². The van der Waals surface area contributed by atoms with E-state index in [9.17, 15) is 19.3 Å². The molecule has 2 rings (SSSR count). The molecule has 0 aromatic carbocycles. The first-order chi connectivity index (χ1) is 12.5. The quantitative estimate of drug-likeness (QED) is 0.572. The molecule has 0 aromatic rings. The molecule has 144 valence electrons. The van der Waals surface area contributed by atoms with Gasteiger partial charge >= 0.3 is 7.82 Å². The van der Waals surface area contributed by atoms with Gasteiger partial charge < -0.3 is 4.52 Å². The molecule has 0 N–H and O–H groups in total. The summed E-state index contributed by atoms with van der Waals surface area (Å²) in [5.74, 6) is -0.861. The van der Waals surface area contributed by atoms with Crippen LogP contribution in [0.15, 0.2) is 11.3 Å². The van der Waals surface area contributed by atoms with E-state index in [0.717, 1.165) is 18.4 Å². The molecule has 0 aliphatic heterocycles. The van der Waals surface area contributed by atoms with Gasteiger partial charge in [0.05, 0.1) is 37.2 Å². The van der Waals surface area contributed by atoms with Gasteiger partial charge in [0, 0.05) is 22.5 Å². The monoisotopic (exact) mass is 400 g/mol. The summed E-state index contributed by atoms with van der Waals surface area (Å²) in [6.07, 6.45) is 2.28. The summed E-state index contributed by atoms with van der Waals surface area (Å²) >= 11 is 0. The van der Waals surface area contributed by atoms with Crippen LogP contribution in [0, 0.1) is 40.4 Å². The van der Waals surface area contributed by atoms with E-state index >= 15 is 0 Å². The molecule has 0 amide bonds. The van der Waals surface area contributed by atoms with Crippen LogP contribution in [-0.2, 0) is 28.9 Å². The molecule has 0 spiro atoms. The van der Waals surface area contributed by atoms with Crippen molar-refractivity contribution >= 4 is 18.6 Å². The van der Waals surface area contributed by atoms with Crippen LogP contribution in [0.5, 0.6) is 0 Å². The molecule has 2 aliphatic carbocycles. The Hall–Kier alpha value is -1.18. The van der Waals surface area contributed by atoms with Crippen LogP contribution in [0.25, 0.3) is 0 Å². The Bertz CT molecular complexity index is 701. The average molecular weight is 400 g/mol. The van der Waals surface area contributed by atoms with Crippen LogP contribution >= 0.6 is 7.82 Å². The van der Waals surface area contributed by atoms with Gasteiger partial charge in [-0.15, -0.1) is 0 Å². The number of nitriles is 2. The van der Waals surface area contributed by atoms with Gasteiger partial charge in [0.2, 0.25) is 0 Å². The maximum Gasteiger partial charge on any atom is 0.529 e. The predicted molar refractivity (Wildman–Crippen MR) is 97.0 cm³/mol. The van der Waals surface area contributed by atoms with Crippen molar-refractivity contribution in [2.45, 2.75) is 45.3 Å². The minimum absolute atomic E-state index is 0.132. The van der Waals surface area contributed by atoms with Crippen molar-refractivity contribution in [3.8, 4) is 12.1 Å². The van der Waals surface area contributed by atoms with Crippen LogP contribution in [0.4, 0.5) is 0 Å². The molecule has 9 heteroatoms. The molecule has 0 bridgehead atoms. The third-order valence-electron chi connectivity index (χ3n) is 4.78. The zero-order chi connectivity index (χ0) is 19.3. The lowest BCUT2D eigenvalue weighted by Crippen LogP contribution is -2.41. The Kier molecular flexibility index (Phi) is 7.43. The highest BCUT2D eigenvalue weighted by Gasteiger charge is 2.51. The van der Waals surface area contributed by atoms with E-state index in [1.54, 1.807) is 20.8 Å². The summed E-state index contributed by atoms with van der Waals surface area (Å²) in [4.78, 5) is 0. The lowest BCUT2D eigenvalue weighted by molar-refractivity contribution is 0.135. The van der Waals surface area contributed by atoms with Gasteiger partial charge in [-0.05, 0) is 38.7 Å². The van der Waals surface area contributed by atoms with Gasteiger partial charge in [0.1, 0.15) is 11.0 Å². The molecule has 1 fully saturated rings. The first-order valence-electron chi connectivity index (χ1n) is 8.94. The zero-order valence-corrected chi connectivity index (χ0v) is 17.1. The van der Waals surface area contributed by atoms with E-state index in [1.165, 1.54) is 0 Å². The Morgan fingerprint density at radius 1 is 1.15 bits per heavy atom. The lowest BCUT2D eigenvalue weighted by atomic mass is 9.73. The predicted octanol–water partition coefficient (Wildman–Crippen LogP) is 3.67. The summed E-state index contributed by atoms with van der Waals surface area (Å²) in [7, 11) is -5.31. The highest BCUT2D eigenvalue weighted by molar-refractivity contribution is 7.85. The second-order valence-corrected chi connectivity index (χ2v) is 9.60. The third-order valence-corrected chi connectivity index (χ3v) is 7.99. The molecule has 1 saturated carbocycles. The van der Waals surface area contributed by atoms with E-state index in [-0.39, 0.29) is 24.9 Å². The molecule has 0 saturated heterocycles. The second kappa shape index (κ2) is 9.15. The molecule has 1 unspecified atom stereocenters. The molecule has 0 aromatic heterocycles. The van der Waals surface area contributed by atoms with Crippen LogP contribution < -0.4 is 0 Å². The normalized spacial score (nSPS) is 29.6. The van der Waals surface area contributed by atoms with Gasteiger partial charge in [0.15, 0.2) is 0 Å². The van der Waals surface area contributed by atoms with Crippen molar-refractivity contribution in [3.05, 3.63) is 11.3 Å². The molecule has 0 heterocycles. The maximum atomic E-state index is 12.9. The summed E-state index contributed by atoms with van der Waals surface area (Å²) in [6.45, 7) is 5.37. The summed E-state index contributed by atoms with van der Waals surface area (Å²) in [5, 5.41) is 18.5. The number of phosphoric ester groups is 1. The highest BCUT2D eigenvalue weighted by Crippen LogP contribution is 2.57. The van der Waals surface area contributed by atoms with Gasteiger partial charge in [-0.1, -0.05) is 6.92 Å². The van der Waals surface area contributed by atoms with E-state index in [0.29, 0.717) is 12.2 Å². The van der Waals surface area contributed by atoms with Gasteiger partial charge in [-0.25, -0.2) is 4.57 Å². The molecule has 2 aliphatic rings. The number of hydrogen-bond acceptors (Lipinski definition) is 7. The molecule has 0 radical (unpaired) electrons. The van der Waals surface area contributed by atoms with Crippen molar-refractivity contribution < 1.29 is 22.3 Å². The molecular formula is C17H25N2O5PS. The number of hydrogen-bond donors (Lipinski definition) is 0. The smallest absolute Gasteiger partial charge is 0.407 e. The van der Waals surface area contributed by atoms with Crippen molar-refractivity contribution in [1.82, 2.24) is 0 Å². The first kappa shape index (κ1) is 21.1. The van der Waals surface area contributed by atoms with Gasteiger partial charge in [-0.2, -0.15) is 10.5 Å². The molecule has 26 heavy (non-hydrogen) atoms.